The van der Waals surface area contributed by atoms with Crippen molar-refractivity contribution in [2.45, 2.75) is 109 Å². The first-order valence-corrected chi connectivity index (χ1v) is 16.1. The molecule has 1 nitrogen and oxygen atoms in total. The van der Waals surface area contributed by atoms with Gasteiger partial charge in [0.1, 0.15) is 5.75 Å². The largest absolute Gasteiger partial charge is 0.507 e. The number of hydrogen-bond donors (Lipinski definition) is 1. The molecule has 0 saturated heterocycles. The summed E-state index contributed by atoms with van der Waals surface area (Å²) in [5, 5.41) is 14.0. The van der Waals surface area contributed by atoms with Crippen molar-refractivity contribution >= 4 is 25.0 Å². The van der Waals surface area contributed by atoms with Gasteiger partial charge in [-0.05, 0) is 28.3 Å². The molecule has 178 valence electrons. The fourth-order valence-electron chi connectivity index (χ4n) is 4.52. The Balaban J connectivity index is 2.49. The molecule has 32 heavy (non-hydrogen) atoms. The van der Waals surface area contributed by atoms with Gasteiger partial charge < -0.3 is 5.11 Å². The molecule has 0 amide bonds. The van der Waals surface area contributed by atoms with Crippen molar-refractivity contribution in [3.63, 3.8) is 0 Å². The van der Waals surface area contributed by atoms with Crippen LogP contribution >= 0.6 is 11.8 Å². The summed E-state index contributed by atoms with van der Waals surface area (Å²) in [5.74, 6) is 0.484. The molecule has 2 rings (SSSR count). The van der Waals surface area contributed by atoms with E-state index in [1.165, 1.54) is 48.0 Å². The molecule has 1 N–H and O–H groups in total. The standard InChI is InChI=1S/C29H46OSSi/c1-9-11-18-32(19-12-10-2,24-16-14-13-15-17-24)22-31-23-20-25(28(3,4)5)27(30)26(21-23)29(6,7)8/h13-17,20-21,30H,9-12,18-19,22H2,1-8H3. The first-order valence-electron chi connectivity index (χ1n) is 12.5. The second-order valence-electron chi connectivity index (χ2n) is 11.5. The summed E-state index contributed by atoms with van der Waals surface area (Å²) in [4.78, 5) is 1.32. The van der Waals surface area contributed by atoms with E-state index in [-0.39, 0.29) is 10.8 Å². The van der Waals surface area contributed by atoms with Gasteiger partial charge in [-0.2, -0.15) is 0 Å². The van der Waals surface area contributed by atoms with E-state index < -0.39 is 8.07 Å². The SMILES string of the molecule is CCCC[Si](CCCC)(CSc1cc(C(C)(C)C)c(O)c(C(C)(C)C)c1)c1ccccc1. The van der Waals surface area contributed by atoms with Crippen molar-refractivity contribution in [2.75, 3.05) is 5.38 Å². The number of phenolic OH excluding ortho intramolecular Hbond substituents is 1. The second kappa shape index (κ2) is 11.3. The maximum Gasteiger partial charge on any atom is 0.123 e. The molecule has 0 heterocycles. The van der Waals surface area contributed by atoms with Crippen LogP contribution in [0.3, 0.4) is 0 Å². The van der Waals surface area contributed by atoms with Crippen LogP contribution in [0.5, 0.6) is 5.75 Å². The van der Waals surface area contributed by atoms with Crippen LogP contribution in [0.2, 0.25) is 12.1 Å². The van der Waals surface area contributed by atoms with Crippen molar-refractivity contribution in [2.24, 2.45) is 0 Å². The smallest absolute Gasteiger partial charge is 0.123 e. The van der Waals surface area contributed by atoms with E-state index in [1.54, 1.807) is 5.19 Å². The number of rotatable bonds is 10. The number of thioether (sulfide) groups is 1. The summed E-state index contributed by atoms with van der Waals surface area (Å²) in [5.41, 5.74) is 1.97. The quantitative estimate of drug-likeness (QED) is 0.277. The molecule has 0 aromatic heterocycles. The Morgan fingerprint density at radius 3 is 1.66 bits per heavy atom. The lowest BCUT2D eigenvalue weighted by atomic mass is 9.79. The number of benzene rings is 2. The molecule has 0 radical (unpaired) electrons. The molecular formula is C29H46OSSi. The van der Waals surface area contributed by atoms with Gasteiger partial charge >= 0.3 is 0 Å². The maximum atomic E-state index is 11.1. The molecule has 2 aromatic carbocycles. The average molecular weight is 471 g/mol. The van der Waals surface area contributed by atoms with E-state index in [9.17, 15) is 5.11 Å². The zero-order valence-corrected chi connectivity index (χ0v) is 23.7. The van der Waals surface area contributed by atoms with Crippen molar-refractivity contribution in [1.29, 1.82) is 0 Å². The molecule has 0 aliphatic carbocycles. The minimum Gasteiger partial charge on any atom is -0.507 e. The van der Waals surface area contributed by atoms with Crippen molar-refractivity contribution in [3.8, 4) is 5.75 Å². The summed E-state index contributed by atoms with van der Waals surface area (Å²) >= 11 is 2.04. The maximum absolute atomic E-state index is 11.1. The monoisotopic (exact) mass is 470 g/mol. The van der Waals surface area contributed by atoms with Gasteiger partial charge in [-0.1, -0.05) is 129 Å². The minimum absolute atomic E-state index is 0.0843. The predicted molar refractivity (Wildman–Crippen MR) is 147 cm³/mol. The molecule has 0 saturated carbocycles. The highest BCUT2D eigenvalue weighted by atomic mass is 32.2. The van der Waals surface area contributed by atoms with Crippen LogP contribution in [0, 0.1) is 0 Å². The summed E-state index contributed by atoms with van der Waals surface area (Å²) < 4.78 is 0. The fraction of sp³-hybridized carbons (Fsp3) is 0.586. The second-order valence-corrected chi connectivity index (χ2v) is 17.6. The average Bonchev–Trinajstić information content (AvgIpc) is 2.73. The summed E-state index contributed by atoms with van der Waals surface area (Å²) in [6.07, 6.45) is 5.17. The number of unbranched alkanes of at least 4 members (excludes halogenated alkanes) is 2. The molecule has 0 spiro atoms. The van der Waals surface area contributed by atoms with Crippen molar-refractivity contribution in [3.05, 3.63) is 53.6 Å². The Labute approximate surface area is 203 Å². The highest BCUT2D eigenvalue weighted by molar-refractivity contribution is 8.01. The summed E-state index contributed by atoms with van der Waals surface area (Å²) in [6.45, 7) is 17.9. The summed E-state index contributed by atoms with van der Waals surface area (Å²) in [6, 6.07) is 18.7. The molecule has 0 fully saturated rings. The molecule has 2 aromatic rings. The third-order valence-electron chi connectivity index (χ3n) is 6.62. The highest BCUT2D eigenvalue weighted by Crippen LogP contribution is 2.42. The van der Waals surface area contributed by atoms with Crippen LogP contribution in [0.25, 0.3) is 0 Å². The van der Waals surface area contributed by atoms with Gasteiger partial charge in [-0.25, -0.2) is 0 Å². The Hall–Kier alpha value is -1.19. The first-order chi connectivity index (χ1) is 14.9. The number of aromatic hydroxyl groups is 1. The lowest BCUT2D eigenvalue weighted by molar-refractivity contribution is 0.422. The van der Waals surface area contributed by atoms with E-state index in [0.29, 0.717) is 5.75 Å². The zero-order chi connectivity index (χ0) is 24.0. The molecule has 0 bridgehead atoms. The van der Waals surface area contributed by atoms with E-state index in [1.807, 2.05) is 11.8 Å². The lowest BCUT2D eigenvalue weighted by Crippen LogP contribution is -2.50. The van der Waals surface area contributed by atoms with E-state index in [4.69, 9.17) is 0 Å². The topological polar surface area (TPSA) is 20.2 Å². The van der Waals surface area contributed by atoms with Gasteiger partial charge in [0.25, 0.3) is 0 Å². The highest BCUT2D eigenvalue weighted by Gasteiger charge is 2.34. The number of phenols is 1. The van der Waals surface area contributed by atoms with Gasteiger partial charge in [0.2, 0.25) is 0 Å². The summed E-state index contributed by atoms with van der Waals surface area (Å²) in [7, 11) is -1.64. The van der Waals surface area contributed by atoms with E-state index in [0.717, 1.165) is 11.1 Å². The van der Waals surface area contributed by atoms with Crippen molar-refractivity contribution < 1.29 is 5.11 Å². The van der Waals surface area contributed by atoms with Gasteiger partial charge in [0.15, 0.2) is 0 Å². The molecule has 0 aliphatic rings. The third kappa shape index (κ3) is 6.90. The molecular weight excluding hydrogens is 424 g/mol. The van der Waals surface area contributed by atoms with E-state index in [2.05, 4.69) is 97.9 Å². The number of hydrogen-bond acceptors (Lipinski definition) is 2. The predicted octanol–water partition coefficient (Wildman–Crippen LogP) is 8.57. The first kappa shape index (κ1) is 27.1. The van der Waals surface area contributed by atoms with Gasteiger partial charge in [0, 0.05) is 16.0 Å². The third-order valence-corrected chi connectivity index (χ3v) is 14.2. The van der Waals surface area contributed by atoms with E-state index >= 15 is 0 Å². The van der Waals surface area contributed by atoms with Crippen LogP contribution in [0.1, 0.15) is 92.2 Å². The molecule has 0 atom stereocenters. The Bertz CT molecular complexity index is 803. The van der Waals surface area contributed by atoms with Gasteiger partial charge in [-0.15, -0.1) is 11.8 Å². The van der Waals surface area contributed by atoms with Crippen LogP contribution in [-0.4, -0.2) is 18.6 Å². The van der Waals surface area contributed by atoms with Crippen molar-refractivity contribution in [1.82, 2.24) is 0 Å². The van der Waals surface area contributed by atoms with Crippen LogP contribution < -0.4 is 5.19 Å². The normalized spacial score (nSPS) is 12.9. The lowest BCUT2D eigenvalue weighted by Gasteiger charge is -2.33. The fourth-order valence-corrected chi connectivity index (χ4v) is 12.3. The van der Waals surface area contributed by atoms with Crippen LogP contribution in [0.15, 0.2) is 47.4 Å². The van der Waals surface area contributed by atoms with Gasteiger partial charge in [0.05, 0.1) is 8.07 Å². The Morgan fingerprint density at radius 2 is 1.25 bits per heavy atom. The molecule has 3 heteroatoms. The van der Waals surface area contributed by atoms with Crippen LogP contribution in [-0.2, 0) is 10.8 Å². The van der Waals surface area contributed by atoms with Crippen LogP contribution in [0.4, 0.5) is 0 Å². The van der Waals surface area contributed by atoms with Gasteiger partial charge in [-0.3, -0.25) is 0 Å². The molecule has 0 unspecified atom stereocenters. The minimum atomic E-state index is -1.64. The zero-order valence-electron chi connectivity index (χ0n) is 21.8. The molecule has 0 aliphatic heterocycles. The Morgan fingerprint density at radius 1 is 0.781 bits per heavy atom. The Kier molecular flexibility index (Phi) is 9.55.